The van der Waals surface area contributed by atoms with Crippen LogP contribution in [0.2, 0.25) is 0 Å². The molecular formula is C21H21N5O6S2. The van der Waals surface area contributed by atoms with Gasteiger partial charge in [-0.1, -0.05) is 28.6 Å². The third-order valence-electron chi connectivity index (χ3n) is 5.35. The third kappa shape index (κ3) is 4.72. The average molecular weight is 504 g/mol. The van der Waals surface area contributed by atoms with Crippen molar-refractivity contribution >= 4 is 48.4 Å². The normalized spacial score (nSPS) is 18.7. The topological polar surface area (TPSA) is 142 Å². The molecule has 178 valence electrons. The van der Waals surface area contributed by atoms with Crippen LogP contribution in [0.4, 0.5) is 5.13 Å². The number of methoxy groups -OCH3 is 1. The zero-order valence-electron chi connectivity index (χ0n) is 18.1. The quantitative estimate of drug-likeness (QED) is 0.361. The Bertz CT molecular complexity index is 1350. The Morgan fingerprint density at radius 2 is 2.00 bits per heavy atom. The van der Waals surface area contributed by atoms with Crippen molar-refractivity contribution < 1.29 is 27.5 Å². The molecule has 1 aliphatic carbocycles. The summed E-state index contributed by atoms with van der Waals surface area (Å²) < 4.78 is 35.4. The highest BCUT2D eigenvalue weighted by Gasteiger charge is 2.36. The number of carbonyl (C=O) groups is 1. The number of anilines is 1. The van der Waals surface area contributed by atoms with E-state index in [9.17, 15) is 13.2 Å². The first-order chi connectivity index (χ1) is 16.4. The SMILES string of the molecule is COc1cnc2nc(NC(=O)/C(=N/O[C@@H]3CCOC3)c3ccc(S(=O)(=O)C4CC4)cc3)sc2n1. The van der Waals surface area contributed by atoms with Crippen LogP contribution in [0.25, 0.3) is 10.5 Å². The fourth-order valence-electron chi connectivity index (χ4n) is 3.34. The number of aromatic nitrogens is 3. The lowest BCUT2D eigenvalue weighted by Crippen LogP contribution is -2.25. The standard InChI is InChI=1S/C21H21N5O6S2/c1-30-16-10-22-18-20(23-16)33-21(24-18)25-19(27)17(26-32-13-8-9-31-11-13)12-2-4-14(5-3-12)34(28,29)15-6-7-15/h2-5,10,13,15H,6-9,11H2,1H3,(H,22,24,25,27)/b26-17+/t13-/m1/s1. The maximum atomic E-state index is 13.1. The highest BCUT2D eigenvalue weighted by Crippen LogP contribution is 2.33. The first-order valence-corrected chi connectivity index (χ1v) is 12.9. The molecule has 3 aromatic rings. The molecule has 0 unspecified atom stereocenters. The van der Waals surface area contributed by atoms with Gasteiger partial charge < -0.3 is 14.3 Å². The fraction of sp³-hybridized carbons (Fsp3) is 0.381. The Morgan fingerprint density at radius 3 is 2.68 bits per heavy atom. The largest absolute Gasteiger partial charge is 0.480 e. The van der Waals surface area contributed by atoms with Gasteiger partial charge in [0.2, 0.25) is 5.88 Å². The molecule has 0 radical (unpaired) electrons. The van der Waals surface area contributed by atoms with Gasteiger partial charge >= 0.3 is 0 Å². The highest BCUT2D eigenvalue weighted by molar-refractivity contribution is 7.92. The van der Waals surface area contributed by atoms with Gasteiger partial charge in [0.25, 0.3) is 5.91 Å². The zero-order chi connectivity index (χ0) is 23.7. The summed E-state index contributed by atoms with van der Waals surface area (Å²) in [5.74, 6) is -0.229. The van der Waals surface area contributed by atoms with Crippen molar-refractivity contribution in [1.82, 2.24) is 15.0 Å². The number of hydrogen-bond acceptors (Lipinski definition) is 11. The highest BCUT2D eigenvalue weighted by atomic mass is 32.2. The van der Waals surface area contributed by atoms with E-state index in [2.05, 4.69) is 25.4 Å². The number of hydrogen-bond donors (Lipinski definition) is 1. The summed E-state index contributed by atoms with van der Waals surface area (Å²) in [6.45, 7) is 0.943. The number of sulfone groups is 1. The van der Waals surface area contributed by atoms with E-state index in [1.165, 1.54) is 25.4 Å². The number of rotatable bonds is 8. The first-order valence-electron chi connectivity index (χ1n) is 10.6. The number of ether oxygens (including phenoxy) is 2. The molecule has 34 heavy (non-hydrogen) atoms. The van der Waals surface area contributed by atoms with Crippen molar-refractivity contribution in [3.8, 4) is 5.88 Å². The van der Waals surface area contributed by atoms with Gasteiger partial charge in [-0.3, -0.25) is 10.1 Å². The number of amides is 1. The molecule has 2 aliphatic rings. The molecule has 1 aliphatic heterocycles. The second-order valence-electron chi connectivity index (χ2n) is 7.81. The molecule has 1 amide bonds. The Labute approximate surface area is 199 Å². The lowest BCUT2D eigenvalue weighted by molar-refractivity contribution is -0.110. The molecule has 1 aromatic carbocycles. The van der Waals surface area contributed by atoms with Crippen LogP contribution in [-0.4, -0.2) is 66.7 Å². The van der Waals surface area contributed by atoms with E-state index in [0.29, 0.717) is 54.4 Å². The van der Waals surface area contributed by atoms with Gasteiger partial charge in [-0.05, 0) is 25.0 Å². The van der Waals surface area contributed by atoms with Gasteiger partial charge in [-0.2, -0.15) is 9.97 Å². The molecule has 2 fully saturated rings. The minimum atomic E-state index is -3.34. The van der Waals surface area contributed by atoms with Crippen LogP contribution in [0.5, 0.6) is 5.88 Å². The molecule has 0 bridgehead atoms. The number of fused-ring (bicyclic) bond motifs is 1. The van der Waals surface area contributed by atoms with E-state index in [1.54, 1.807) is 12.1 Å². The summed E-state index contributed by atoms with van der Waals surface area (Å²) >= 11 is 1.14. The second-order valence-corrected chi connectivity index (χ2v) is 11.0. The van der Waals surface area contributed by atoms with E-state index in [0.717, 1.165) is 11.3 Å². The van der Waals surface area contributed by atoms with Crippen molar-refractivity contribution in [2.24, 2.45) is 5.16 Å². The third-order valence-corrected chi connectivity index (χ3v) is 8.48. The smallest absolute Gasteiger partial charge is 0.280 e. The summed E-state index contributed by atoms with van der Waals surface area (Å²) in [7, 11) is -1.86. The maximum absolute atomic E-state index is 13.1. The Morgan fingerprint density at radius 1 is 1.21 bits per heavy atom. The van der Waals surface area contributed by atoms with Gasteiger partial charge in [0.1, 0.15) is 0 Å². The van der Waals surface area contributed by atoms with E-state index in [1.807, 2.05) is 0 Å². The Balaban J connectivity index is 1.41. The molecule has 11 nitrogen and oxygen atoms in total. The molecule has 2 aromatic heterocycles. The molecular weight excluding hydrogens is 482 g/mol. The number of nitrogens with zero attached hydrogens (tertiary/aromatic N) is 4. The summed E-state index contributed by atoms with van der Waals surface area (Å²) in [6.07, 6.45) is 3.19. The average Bonchev–Trinajstić information content (AvgIpc) is 3.44. The van der Waals surface area contributed by atoms with Gasteiger partial charge in [0, 0.05) is 12.0 Å². The van der Waals surface area contributed by atoms with Crippen molar-refractivity contribution in [2.45, 2.75) is 35.5 Å². The lowest BCUT2D eigenvalue weighted by Gasteiger charge is -2.10. The van der Waals surface area contributed by atoms with Crippen molar-refractivity contribution in [3.05, 3.63) is 36.0 Å². The Kier molecular flexibility index (Phi) is 6.15. The summed E-state index contributed by atoms with van der Waals surface area (Å²) in [4.78, 5) is 32.1. The van der Waals surface area contributed by atoms with Crippen molar-refractivity contribution in [1.29, 1.82) is 0 Å². The molecule has 1 atom stereocenters. The minimum absolute atomic E-state index is 0.0139. The van der Waals surface area contributed by atoms with E-state index in [4.69, 9.17) is 14.3 Å². The van der Waals surface area contributed by atoms with Crippen molar-refractivity contribution in [3.63, 3.8) is 0 Å². The van der Waals surface area contributed by atoms with Gasteiger partial charge in [-0.25, -0.2) is 13.4 Å². The van der Waals surface area contributed by atoms with Crippen molar-refractivity contribution in [2.75, 3.05) is 25.6 Å². The van der Waals surface area contributed by atoms with E-state index < -0.39 is 15.7 Å². The van der Waals surface area contributed by atoms with Crippen LogP contribution < -0.4 is 10.1 Å². The molecule has 1 N–H and O–H groups in total. The zero-order valence-corrected chi connectivity index (χ0v) is 19.8. The van der Waals surface area contributed by atoms with Crippen LogP contribution in [-0.2, 0) is 24.2 Å². The van der Waals surface area contributed by atoms with E-state index >= 15 is 0 Å². The summed E-state index contributed by atoms with van der Waals surface area (Å²) in [5, 5.41) is 6.75. The monoisotopic (exact) mass is 503 g/mol. The molecule has 1 saturated carbocycles. The predicted molar refractivity (Wildman–Crippen MR) is 124 cm³/mol. The van der Waals surface area contributed by atoms with E-state index in [-0.39, 0.29) is 27.1 Å². The summed E-state index contributed by atoms with van der Waals surface area (Å²) in [6, 6.07) is 6.08. The van der Waals surface area contributed by atoms with Crippen LogP contribution >= 0.6 is 11.3 Å². The van der Waals surface area contributed by atoms with Crippen LogP contribution in [0.3, 0.4) is 0 Å². The number of oxime groups is 1. The molecule has 13 heteroatoms. The molecule has 5 rings (SSSR count). The number of thiazole rings is 1. The van der Waals surface area contributed by atoms with Gasteiger partial charge in [0.15, 0.2) is 37.3 Å². The number of benzene rings is 1. The predicted octanol–water partition coefficient (Wildman–Crippen LogP) is 2.18. The fourth-order valence-corrected chi connectivity index (χ4v) is 5.78. The molecule has 3 heterocycles. The second kappa shape index (κ2) is 9.24. The van der Waals surface area contributed by atoms with Crippen LogP contribution in [0.15, 0.2) is 40.5 Å². The Hall–Kier alpha value is -3.16. The number of carbonyl (C=O) groups excluding carboxylic acids is 1. The summed E-state index contributed by atoms with van der Waals surface area (Å²) in [5.41, 5.74) is 0.763. The van der Waals surface area contributed by atoms with Crippen LogP contribution in [0.1, 0.15) is 24.8 Å². The first kappa shape index (κ1) is 22.6. The lowest BCUT2D eigenvalue weighted by atomic mass is 10.1. The minimum Gasteiger partial charge on any atom is -0.480 e. The maximum Gasteiger partial charge on any atom is 0.280 e. The van der Waals surface area contributed by atoms with Crippen LogP contribution in [0, 0.1) is 0 Å². The number of nitrogens with one attached hydrogen (secondary N) is 1. The van der Waals surface area contributed by atoms with Gasteiger partial charge in [0.05, 0.1) is 36.7 Å². The van der Waals surface area contributed by atoms with Gasteiger partial charge in [-0.15, -0.1) is 0 Å². The molecule has 1 saturated heterocycles. The molecule has 0 spiro atoms.